The Hall–Kier alpha value is -1.96. The lowest BCUT2D eigenvalue weighted by Gasteiger charge is -2.32. The lowest BCUT2D eigenvalue weighted by molar-refractivity contribution is -0.136. The molecule has 2 heterocycles. The van der Waals surface area contributed by atoms with Gasteiger partial charge in [0.15, 0.2) is 0 Å². The fraction of sp³-hybridized carbons (Fsp3) is 0.611. The average molecular weight is 371 g/mol. The van der Waals surface area contributed by atoms with E-state index in [-0.39, 0.29) is 5.69 Å². The summed E-state index contributed by atoms with van der Waals surface area (Å²) >= 11 is 0. The Balaban J connectivity index is 1.80. The molecule has 8 heteroatoms. The molecule has 2 saturated heterocycles. The number of amides is 2. The third-order valence-electron chi connectivity index (χ3n) is 4.87. The predicted octanol–water partition coefficient (Wildman–Crippen LogP) is 3.81. The van der Waals surface area contributed by atoms with Crippen molar-refractivity contribution in [1.82, 2.24) is 4.90 Å². The number of hydrogen-bond acceptors (Lipinski definition) is 3. The Labute approximate surface area is 151 Å². The number of carbonyl (C=O) groups excluding carboxylic acids is 1. The van der Waals surface area contributed by atoms with Crippen LogP contribution in [0.2, 0.25) is 0 Å². The summed E-state index contributed by atoms with van der Waals surface area (Å²) in [6.07, 6.45) is -2.64. The number of nitrogens with one attached hydrogen (secondary N) is 1. The van der Waals surface area contributed by atoms with E-state index in [1.807, 2.05) is 11.8 Å². The van der Waals surface area contributed by atoms with E-state index in [1.54, 1.807) is 11.0 Å². The van der Waals surface area contributed by atoms with Crippen LogP contribution in [-0.2, 0) is 10.9 Å². The summed E-state index contributed by atoms with van der Waals surface area (Å²) in [5, 5.41) is 2.46. The van der Waals surface area contributed by atoms with Gasteiger partial charge in [0.2, 0.25) is 0 Å². The molecule has 1 atom stereocenters. The molecule has 0 unspecified atom stereocenters. The summed E-state index contributed by atoms with van der Waals surface area (Å²) < 4.78 is 45.9. The molecule has 0 spiro atoms. The van der Waals surface area contributed by atoms with Gasteiger partial charge in [0.25, 0.3) is 0 Å². The van der Waals surface area contributed by atoms with Gasteiger partial charge in [0.05, 0.1) is 24.5 Å². The van der Waals surface area contributed by atoms with Gasteiger partial charge in [-0.25, -0.2) is 4.79 Å². The highest BCUT2D eigenvalue weighted by molar-refractivity contribution is 5.90. The van der Waals surface area contributed by atoms with E-state index in [0.717, 1.165) is 18.9 Å². The zero-order valence-corrected chi connectivity index (χ0v) is 14.8. The number of likely N-dealkylation sites (tertiary alicyclic amines) is 1. The maximum atomic E-state index is 13.5. The molecule has 3 rings (SSSR count). The summed E-state index contributed by atoms with van der Waals surface area (Å²) in [6, 6.07) is 3.61. The minimum absolute atomic E-state index is 0.197. The number of benzene rings is 1. The van der Waals surface area contributed by atoms with Crippen LogP contribution in [0, 0.1) is 5.92 Å². The zero-order valence-electron chi connectivity index (χ0n) is 14.8. The smallest absolute Gasteiger partial charge is 0.378 e. The Kier molecular flexibility index (Phi) is 5.60. The highest BCUT2D eigenvalue weighted by atomic mass is 19.4. The number of hydrogen-bond donors (Lipinski definition) is 1. The van der Waals surface area contributed by atoms with Crippen molar-refractivity contribution in [2.24, 2.45) is 5.92 Å². The predicted molar refractivity (Wildman–Crippen MR) is 93.5 cm³/mol. The van der Waals surface area contributed by atoms with Gasteiger partial charge >= 0.3 is 12.2 Å². The van der Waals surface area contributed by atoms with Crippen LogP contribution in [-0.4, -0.2) is 50.3 Å². The molecule has 2 fully saturated rings. The third kappa shape index (κ3) is 4.41. The molecule has 0 radical (unpaired) electrons. The molecule has 1 aromatic rings. The van der Waals surface area contributed by atoms with Crippen LogP contribution >= 0.6 is 0 Å². The summed E-state index contributed by atoms with van der Waals surface area (Å²) in [5.41, 5.74) is -0.525. The highest BCUT2D eigenvalue weighted by Gasteiger charge is 2.35. The Bertz CT molecular complexity index is 645. The van der Waals surface area contributed by atoms with Gasteiger partial charge in [0, 0.05) is 31.9 Å². The monoisotopic (exact) mass is 371 g/mol. The first-order valence-electron chi connectivity index (χ1n) is 8.94. The molecule has 5 nitrogen and oxygen atoms in total. The molecule has 1 N–H and O–H groups in total. The number of morpholine rings is 1. The first-order valence-corrected chi connectivity index (χ1v) is 8.94. The molecule has 2 amide bonds. The second-order valence-electron chi connectivity index (χ2n) is 6.95. The van der Waals surface area contributed by atoms with Crippen LogP contribution < -0.4 is 10.2 Å². The van der Waals surface area contributed by atoms with E-state index in [2.05, 4.69) is 5.32 Å². The topological polar surface area (TPSA) is 44.8 Å². The maximum absolute atomic E-state index is 13.5. The van der Waals surface area contributed by atoms with Gasteiger partial charge in [-0.1, -0.05) is 6.92 Å². The number of rotatable bonds is 2. The first kappa shape index (κ1) is 18.8. The third-order valence-corrected chi connectivity index (χ3v) is 4.87. The average Bonchev–Trinajstić information content (AvgIpc) is 2.62. The van der Waals surface area contributed by atoms with Crippen LogP contribution in [0.25, 0.3) is 0 Å². The van der Waals surface area contributed by atoms with Crippen molar-refractivity contribution < 1.29 is 22.7 Å². The van der Waals surface area contributed by atoms with Gasteiger partial charge < -0.3 is 19.9 Å². The standard InChI is InChI=1S/C18H24F3N3O2/c1-13-3-2-6-24(12-13)17(25)22-16-5-4-14(11-15(16)18(19,20)21)23-7-9-26-10-8-23/h4-5,11,13H,2-3,6-10,12H2,1H3,(H,22,25)/t13-/m1/s1. The molecule has 2 aliphatic heterocycles. The van der Waals surface area contributed by atoms with E-state index in [9.17, 15) is 18.0 Å². The van der Waals surface area contributed by atoms with E-state index in [1.165, 1.54) is 6.07 Å². The van der Waals surface area contributed by atoms with Crippen molar-refractivity contribution in [2.75, 3.05) is 49.6 Å². The molecular weight excluding hydrogens is 347 g/mol. The van der Waals surface area contributed by atoms with Gasteiger partial charge in [-0.2, -0.15) is 13.2 Å². The number of halogens is 3. The SMILES string of the molecule is C[C@@H]1CCCN(C(=O)Nc2ccc(N3CCOCC3)cc2C(F)(F)F)C1. The van der Waals surface area contributed by atoms with E-state index >= 15 is 0 Å². The second-order valence-corrected chi connectivity index (χ2v) is 6.95. The van der Waals surface area contributed by atoms with E-state index < -0.39 is 17.8 Å². The maximum Gasteiger partial charge on any atom is 0.418 e. The van der Waals surface area contributed by atoms with Crippen molar-refractivity contribution in [2.45, 2.75) is 25.9 Å². The number of ether oxygens (including phenoxy) is 1. The van der Waals surface area contributed by atoms with Crippen molar-refractivity contribution in [1.29, 1.82) is 0 Å². The minimum Gasteiger partial charge on any atom is -0.378 e. The van der Waals surface area contributed by atoms with E-state index in [0.29, 0.717) is 51.0 Å². The van der Waals surface area contributed by atoms with Crippen molar-refractivity contribution in [3.05, 3.63) is 23.8 Å². The Morgan fingerprint density at radius 3 is 2.62 bits per heavy atom. The molecule has 0 bridgehead atoms. The molecule has 144 valence electrons. The van der Waals surface area contributed by atoms with Crippen molar-refractivity contribution in [3.8, 4) is 0 Å². The van der Waals surface area contributed by atoms with Gasteiger partial charge in [-0.05, 0) is 37.0 Å². The second kappa shape index (κ2) is 7.73. The Morgan fingerprint density at radius 2 is 1.96 bits per heavy atom. The summed E-state index contributed by atoms with van der Waals surface area (Å²) in [6.45, 7) is 5.27. The largest absolute Gasteiger partial charge is 0.418 e. The molecule has 0 aliphatic carbocycles. The lowest BCUT2D eigenvalue weighted by Crippen LogP contribution is -2.42. The number of carbonyl (C=O) groups is 1. The minimum atomic E-state index is -4.54. The lowest BCUT2D eigenvalue weighted by atomic mass is 10.0. The number of nitrogens with zero attached hydrogens (tertiary/aromatic N) is 2. The number of piperidine rings is 1. The van der Waals surface area contributed by atoms with Crippen LogP contribution in [0.4, 0.5) is 29.3 Å². The molecule has 0 saturated carbocycles. The molecule has 0 aromatic heterocycles. The summed E-state index contributed by atoms with van der Waals surface area (Å²) in [7, 11) is 0. The normalized spacial score (nSPS) is 21.6. The first-order chi connectivity index (χ1) is 12.3. The van der Waals surface area contributed by atoms with E-state index in [4.69, 9.17) is 4.74 Å². The van der Waals surface area contributed by atoms with Gasteiger partial charge in [0.1, 0.15) is 0 Å². The van der Waals surface area contributed by atoms with Gasteiger partial charge in [-0.15, -0.1) is 0 Å². The van der Waals surface area contributed by atoms with Crippen molar-refractivity contribution in [3.63, 3.8) is 0 Å². The fourth-order valence-electron chi connectivity index (χ4n) is 3.46. The molecule has 26 heavy (non-hydrogen) atoms. The van der Waals surface area contributed by atoms with Crippen molar-refractivity contribution >= 4 is 17.4 Å². The fourth-order valence-corrected chi connectivity index (χ4v) is 3.46. The summed E-state index contributed by atoms with van der Waals surface area (Å²) in [4.78, 5) is 15.8. The van der Waals surface area contributed by atoms with Crippen LogP contribution in [0.5, 0.6) is 0 Å². The van der Waals surface area contributed by atoms with Crippen LogP contribution in [0.1, 0.15) is 25.3 Å². The zero-order chi connectivity index (χ0) is 18.7. The quantitative estimate of drug-likeness (QED) is 0.860. The van der Waals surface area contributed by atoms with Crippen LogP contribution in [0.15, 0.2) is 18.2 Å². The highest BCUT2D eigenvalue weighted by Crippen LogP contribution is 2.37. The molecule has 2 aliphatic rings. The number of anilines is 2. The van der Waals surface area contributed by atoms with Gasteiger partial charge in [-0.3, -0.25) is 0 Å². The summed E-state index contributed by atoms with van der Waals surface area (Å²) in [5.74, 6) is 0.361. The molecule has 1 aromatic carbocycles. The Morgan fingerprint density at radius 1 is 1.23 bits per heavy atom. The van der Waals surface area contributed by atoms with Crippen LogP contribution in [0.3, 0.4) is 0 Å². The number of urea groups is 1. The molecular formula is C18H24F3N3O2. The number of alkyl halides is 3.